The first-order valence-corrected chi connectivity index (χ1v) is 12.8. The van der Waals surface area contributed by atoms with E-state index < -0.39 is 5.97 Å². The number of hydrogen-bond donors (Lipinski definition) is 1. The van der Waals surface area contributed by atoms with Crippen molar-refractivity contribution in [3.8, 4) is 0 Å². The fourth-order valence-electron chi connectivity index (χ4n) is 3.50. The molecule has 0 aromatic rings. The number of carboxylic acids is 1. The summed E-state index contributed by atoms with van der Waals surface area (Å²) in [6, 6.07) is 0. The Hall–Kier alpha value is -1.58. The second-order valence-corrected chi connectivity index (χ2v) is 8.52. The normalized spacial score (nSPS) is 12.6. The lowest BCUT2D eigenvalue weighted by atomic mass is 10.1. The third-order valence-electron chi connectivity index (χ3n) is 5.43. The van der Waals surface area contributed by atoms with E-state index in [2.05, 4.69) is 38.2 Å². The van der Waals surface area contributed by atoms with Gasteiger partial charge in [-0.1, -0.05) is 83.1 Å². The molecule has 31 heavy (non-hydrogen) atoms. The molecule has 0 spiro atoms. The van der Waals surface area contributed by atoms with Crippen LogP contribution in [-0.2, 0) is 14.3 Å². The van der Waals surface area contributed by atoms with Gasteiger partial charge in [0.15, 0.2) is 0 Å². The molecule has 1 atom stereocenters. The van der Waals surface area contributed by atoms with Crippen LogP contribution < -0.4 is 0 Å². The van der Waals surface area contributed by atoms with Crippen LogP contribution >= 0.6 is 0 Å². The minimum atomic E-state index is -0.786. The molecule has 0 aromatic heterocycles. The van der Waals surface area contributed by atoms with Crippen molar-refractivity contribution in [2.45, 2.75) is 136 Å². The van der Waals surface area contributed by atoms with Crippen LogP contribution in [-0.4, -0.2) is 23.1 Å². The zero-order valence-corrected chi connectivity index (χ0v) is 20.3. The van der Waals surface area contributed by atoms with Gasteiger partial charge in [-0.2, -0.15) is 0 Å². The Bertz CT molecular complexity index is 482. The van der Waals surface area contributed by atoms with E-state index in [0.29, 0.717) is 19.3 Å². The van der Waals surface area contributed by atoms with Gasteiger partial charge in [-0.3, -0.25) is 9.59 Å². The predicted molar refractivity (Wildman–Crippen MR) is 130 cm³/mol. The SMILES string of the molecule is CCCCC/C=C\C/C=C\CCCCCCCC(=O)OC(CCCC)CCCC(=O)O. The quantitative estimate of drug-likeness (QED) is 0.106. The van der Waals surface area contributed by atoms with Gasteiger partial charge in [-0.25, -0.2) is 0 Å². The molecule has 0 aliphatic carbocycles. The number of hydrogen-bond acceptors (Lipinski definition) is 3. The molecule has 0 amide bonds. The van der Waals surface area contributed by atoms with Crippen LogP contribution in [0.15, 0.2) is 24.3 Å². The zero-order chi connectivity index (χ0) is 23.0. The first-order valence-electron chi connectivity index (χ1n) is 12.8. The molecule has 4 nitrogen and oxygen atoms in total. The van der Waals surface area contributed by atoms with Crippen molar-refractivity contribution in [3.63, 3.8) is 0 Å². The number of unbranched alkanes of at least 4 members (excludes halogenated alkanes) is 9. The second-order valence-electron chi connectivity index (χ2n) is 8.52. The summed E-state index contributed by atoms with van der Waals surface area (Å²) in [5, 5.41) is 8.77. The molecule has 0 bridgehead atoms. The van der Waals surface area contributed by atoms with Gasteiger partial charge < -0.3 is 9.84 Å². The van der Waals surface area contributed by atoms with E-state index in [-0.39, 0.29) is 18.5 Å². The summed E-state index contributed by atoms with van der Waals surface area (Å²) in [6.45, 7) is 4.35. The molecule has 1 unspecified atom stereocenters. The Morgan fingerprint density at radius 3 is 1.94 bits per heavy atom. The van der Waals surface area contributed by atoms with Gasteiger partial charge in [0, 0.05) is 12.8 Å². The molecular weight excluding hydrogens is 388 g/mol. The highest BCUT2D eigenvalue weighted by Gasteiger charge is 2.14. The lowest BCUT2D eigenvalue weighted by molar-refractivity contribution is -0.150. The number of ether oxygens (including phenoxy) is 1. The molecule has 0 heterocycles. The first-order chi connectivity index (χ1) is 15.1. The number of rotatable bonds is 22. The van der Waals surface area contributed by atoms with Gasteiger partial charge in [0.2, 0.25) is 0 Å². The average Bonchev–Trinajstić information content (AvgIpc) is 2.74. The van der Waals surface area contributed by atoms with Crippen LogP contribution in [0.3, 0.4) is 0 Å². The highest BCUT2D eigenvalue weighted by Crippen LogP contribution is 2.15. The highest BCUT2D eigenvalue weighted by atomic mass is 16.5. The van der Waals surface area contributed by atoms with Crippen molar-refractivity contribution in [2.75, 3.05) is 0 Å². The fourth-order valence-corrected chi connectivity index (χ4v) is 3.50. The Morgan fingerprint density at radius 2 is 1.29 bits per heavy atom. The molecule has 0 aliphatic heterocycles. The van der Waals surface area contributed by atoms with Crippen molar-refractivity contribution in [2.24, 2.45) is 0 Å². The topological polar surface area (TPSA) is 63.6 Å². The number of aliphatic carboxylic acids is 1. The van der Waals surface area contributed by atoms with Crippen molar-refractivity contribution in [1.29, 1.82) is 0 Å². The predicted octanol–water partition coefficient (Wildman–Crippen LogP) is 8.16. The highest BCUT2D eigenvalue weighted by molar-refractivity contribution is 5.69. The van der Waals surface area contributed by atoms with E-state index in [1.54, 1.807) is 0 Å². The maximum atomic E-state index is 12.1. The summed E-state index contributed by atoms with van der Waals surface area (Å²) in [5.74, 6) is -0.909. The number of carbonyl (C=O) groups is 2. The summed E-state index contributed by atoms with van der Waals surface area (Å²) in [6.07, 6.45) is 26.6. The van der Waals surface area contributed by atoms with E-state index in [9.17, 15) is 9.59 Å². The van der Waals surface area contributed by atoms with Crippen LogP contribution in [0.5, 0.6) is 0 Å². The third kappa shape index (κ3) is 22.9. The standard InChI is InChI=1S/C27H48O4/c1-3-5-7-8-9-10-11-12-13-14-15-16-17-18-19-24-27(30)31-25(21-6-4-2)22-20-23-26(28)29/h9-10,12-13,25H,3-8,11,14-24H2,1-2H3,(H,28,29)/b10-9-,13-12-. The van der Waals surface area contributed by atoms with Gasteiger partial charge in [-0.05, 0) is 57.8 Å². The van der Waals surface area contributed by atoms with Gasteiger partial charge >= 0.3 is 11.9 Å². The minimum absolute atomic E-state index is 0.121. The van der Waals surface area contributed by atoms with Crippen LogP contribution in [0.25, 0.3) is 0 Å². The number of carboxylic acid groups (broad SMARTS) is 1. The van der Waals surface area contributed by atoms with Gasteiger partial charge in [0.1, 0.15) is 6.10 Å². The molecule has 0 saturated carbocycles. The Balaban J connectivity index is 3.67. The molecule has 0 radical (unpaired) electrons. The smallest absolute Gasteiger partial charge is 0.306 e. The number of carbonyl (C=O) groups excluding carboxylic acids is 1. The van der Waals surface area contributed by atoms with Crippen molar-refractivity contribution in [1.82, 2.24) is 0 Å². The van der Waals surface area contributed by atoms with Gasteiger partial charge in [0.05, 0.1) is 0 Å². The monoisotopic (exact) mass is 436 g/mol. The van der Waals surface area contributed by atoms with Crippen LogP contribution in [0.1, 0.15) is 129 Å². The third-order valence-corrected chi connectivity index (χ3v) is 5.43. The lowest BCUT2D eigenvalue weighted by Crippen LogP contribution is -2.18. The second kappa shape index (κ2) is 23.1. The summed E-state index contributed by atoms with van der Waals surface area (Å²) in [7, 11) is 0. The molecule has 180 valence electrons. The Morgan fingerprint density at radius 1 is 0.710 bits per heavy atom. The Kier molecular flexibility index (Phi) is 21.9. The van der Waals surface area contributed by atoms with Crippen molar-refractivity contribution < 1.29 is 19.4 Å². The summed E-state index contributed by atoms with van der Waals surface area (Å²) >= 11 is 0. The largest absolute Gasteiger partial charge is 0.481 e. The molecular formula is C27H48O4. The first kappa shape index (κ1) is 29.4. The van der Waals surface area contributed by atoms with Crippen LogP contribution in [0, 0.1) is 0 Å². The zero-order valence-electron chi connectivity index (χ0n) is 20.3. The maximum absolute atomic E-state index is 12.1. The molecule has 4 heteroatoms. The van der Waals surface area contributed by atoms with E-state index in [1.165, 1.54) is 38.5 Å². The summed E-state index contributed by atoms with van der Waals surface area (Å²) in [4.78, 5) is 22.8. The molecule has 0 rings (SSSR count). The molecule has 1 N–H and O–H groups in total. The fraction of sp³-hybridized carbons (Fsp3) is 0.778. The van der Waals surface area contributed by atoms with Gasteiger partial charge in [-0.15, -0.1) is 0 Å². The molecule has 0 saturated heterocycles. The van der Waals surface area contributed by atoms with E-state index in [4.69, 9.17) is 9.84 Å². The summed E-state index contributed by atoms with van der Waals surface area (Å²) in [5.41, 5.74) is 0. The van der Waals surface area contributed by atoms with Crippen molar-refractivity contribution in [3.05, 3.63) is 24.3 Å². The molecule has 0 aliphatic rings. The molecule has 0 fully saturated rings. The van der Waals surface area contributed by atoms with Crippen LogP contribution in [0.4, 0.5) is 0 Å². The van der Waals surface area contributed by atoms with Gasteiger partial charge in [0.25, 0.3) is 0 Å². The summed E-state index contributed by atoms with van der Waals surface area (Å²) < 4.78 is 5.61. The number of allylic oxidation sites excluding steroid dienone is 4. The lowest BCUT2D eigenvalue weighted by Gasteiger charge is -2.17. The van der Waals surface area contributed by atoms with E-state index >= 15 is 0 Å². The van der Waals surface area contributed by atoms with E-state index in [0.717, 1.165) is 51.4 Å². The van der Waals surface area contributed by atoms with E-state index in [1.807, 2.05) is 0 Å². The van der Waals surface area contributed by atoms with Crippen molar-refractivity contribution >= 4 is 11.9 Å². The average molecular weight is 437 g/mol. The maximum Gasteiger partial charge on any atom is 0.306 e. The Labute approximate surface area is 191 Å². The number of esters is 1. The minimum Gasteiger partial charge on any atom is -0.481 e. The molecule has 0 aromatic carbocycles. The van der Waals surface area contributed by atoms with Crippen LogP contribution in [0.2, 0.25) is 0 Å².